The van der Waals surface area contributed by atoms with Gasteiger partial charge in [-0.1, -0.05) is 352 Å². The van der Waals surface area contributed by atoms with Crippen molar-refractivity contribution < 1.29 is 0 Å². The van der Waals surface area contributed by atoms with E-state index in [1.54, 1.807) is 0 Å². The molecule has 0 heteroatoms. The molecule has 1 spiro atoms. The highest BCUT2D eigenvalue weighted by Crippen LogP contribution is 2.67. The first-order chi connectivity index (χ1) is 48.1. The summed E-state index contributed by atoms with van der Waals surface area (Å²) in [5.41, 5.74) is 37.6. The highest BCUT2D eigenvalue weighted by molar-refractivity contribution is 6.06. The van der Waals surface area contributed by atoms with Gasteiger partial charge in [-0.2, -0.15) is 0 Å². The maximum atomic E-state index is 2.58. The van der Waals surface area contributed by atoms with E-state index in [1.807, 2.05) is 0 Å². The first-order valence-electron chi connectivity index (χ1n) is 33.7. The monoisotopic (exact) mass is 1230 g/mol. The first kappa shape index (κ1) is 57.2. The molecule has 0 nitrogen and oxygen atoms in total. The molecule has 0 saturated heterocycles. The van der Waals surface area contributed by atoms with Crippen molar-refractivity contribution in [1.29, 1.82) is 0 Å². The van der Waals surface area contributed by atoms with Crippen LogP contribution in [0, 0.1) is 0 Å². The Hall–Kier alpha value is -12.5. The molecule has 0 aliphatic heterocycles. The van der Waals surface area contributed by atoms with Crippen molar-refractivity contribution >= 4 is 0 Å². The molecule has 0 radical (unpaired) electrons. The lowest BCUT2D eigenvalue weighted by molar-refractivity contribution is 0.795. The number of rotatable bonds is 12. The molecule has 0 fully saturated rings. The van der Waals surface area contributed by atoms with Crippen molar-refractivity contribution in [3.8, 4) is 156 Å². The molecule has 0 aromatic heterocycles. The van der Waals surface area contributed by atoms with E-state index in [9.17, 15) is 0 Å². The molecule has 2 aliphatic rings. The Morgan fingerprint density at radius 2 is 0.289 bits per heavy atom. The van der Waals surface area contributed by atoms with Crippen LogP contribution >= 0.6 is 0 Å². The summed E-state index contributed by atoms with van der Waals surface area (Å²) in [7, 11) is 0. The Bertz CT molecular complexity index is 5190. The van der Waals surface area contributed by atoms with E-state index in [0.29, 0.717) is 0 Å². The molecule has 0 saturated carbocycles. The lowest BCUT2D eigenvalue weighted by Gasteiger charge is -2.32. The summed E-state index contributed by atoms with van der Waals surface area (Å²) in [6, 6.07) is 145. The fraction of sp³-hybridized carbons (Fsp3) is 0.0103. The van der Waals surface area contributed by atoms with Crippen LogP contribution in [0.4, 0.5) is 0 Å². The van der Waals surface area contributed by atoms with Gasteiger partial charge in [0.2, 0.25) is 0 Å². The molecular formula is C97H64. The predicted molar refractivity (Wildman–Crippen MR) is 408 cm³/mol. The molecular weight excluding hydrogens is 1170 g/mol. The summed E-state index contributed by atoms with van der Waals surface area (Å²) in [5.74, 6) is 0. The van der Waals surface area contributed by atoms with Crippen LogP contribution in [0.2, 0.25) is 0 Å². The van der Waals surface area contributed by atoms with Crippen LogP contribution in [0.5, 0.6) is 0 Å². The molecule has 452 valence electrons. The van der Waals surface area contributed by atoms with E-state index >= 15 is 0 Å². The summed E-state index contributed by atoms with van der Waals surface area (Å²) in [4.78, 5) is 0. The fourth-order valence-corrected chi connectivity index (χ4v) is 15.5. The van der Waals surface area contributed by atoms with Gasteiger partial charge in [0.15, 0.2) is 0 Å². The van der Waals surface area contributed by atoms with Crippen LogP contribution in [-0.4, -0.2) is 0 Å². The Morgan fingerprint density at radius 1 is 0.113 bits per heavy atom. The average Bonchev–Trinajstić information content (AvgIpc) is 1.50. The molecule has 0 amide bonds. The largest absolute Gasteiger partial charge is 0.0726 e. The minimum Gasteiger partial charge on any atom is -0.0622 e. The third kappa shape index (κ3) is 10.2. The van der Waals surface area contributed by atoms with Gasteiger partial charge in [-0.25, -0.2) is 0 Å². The van der Waals surface area contributed by atoms with Gasteiger partial charge in [0.1, 0.15) is 0 Å². The second-order valence-electron chi connectivity index (χ2n) is 25.8. The molecule has 0 heterocycles. The standard InChI is InChI=1S/C97H64/c1-7-19-65(20-8-1)71-31-39-77(40-32-71)83-55-57-87-91(61-83)97(93-63-85(79-43-35-73(36-44-79)67-23-11-3-12-24-67)59-89(95(87)93)81-51-47-75(48-52-81)69-27-15-5-16-28-69)92-62-84(78-41-33-72(34-42-78)66-21-9-2-10-22-66)56-58-88(92)96-90(82-53-49-76(50-54-82)70-29-17-6-18-30-70)60-86(64-94(96)97)80-45-37-74(38-46-80)68-25-13-4-14-26-68/h1-64H. The zero-order valence-corrected chi connectivity index (χ0v) is 53.5. The highest BCUT2D eigenvalue weighted by Gasteiger charge is 2.54. The van der Waals surface area contributed by atoms with Crippen LogP contribution in [0.1, 0.15) is 22.3 Å². The Labute approximate surface area is 568 Å². The van der Waals surface area contributed by atoms with Gasteiger partial charge in [-0.15, -0.1) is 0 Å². The van der Waals surface area contributed by atoms with E-state index in [4.69, 9.17) is 0 Å². The molecule has 18 rings (SSSR count). The Morgan fingerprint density at radius 3 is 0.526 bits per heavy atom. The molecule has 16 aromatic carbocycles. The third-order valence-electron chi connectivity index (χ3n) is 20.4. The van der Waals surface area contributed by atoms with Gasteiger partial charge in [0.05, 0.1) is 5.41 Å². The van der Waals surface area contributed by atoms with Crippen molar-refractivity contribution in [2.75, 3.05) is 0 Å². The quantitative estimate of drug-likeness (QED) is 0.114. The van der Waals surface area contributed by atoms with Gasteiger partial charge < -0.3 is 0 Å². The number of hydrogen-bond acceptors (Lipinski definition) is 0. The third-order valence-corrected chi connectivity index (χ3v) is 20.4. The topological polar surface area (TPSA) is 0 Å². The normalized spacial score (nSPS) is 12.2. The van der Waals surface area contributed by atoms with E-state index in [0.717, 1.165) is 22.3 Å². The molecule has 0 atom stereocenters. The second kappa shape index (κ2) is 24.1. The summed E-state index contributed by atoms with van der Waals surface area (Å²) >= 11 is 0. The van der Waals surface area contributed by atoms with E-state index in [-0.39, 0.29) is 0 Å². The Kier molecular flexibility index (Phi) is 14.2. The van der Waals surface area contributed by atoms with Crippen LogP contribution in [0.3, 0.4) is 0 Å². The zero-order valence-electron chi connectivity index (χ0n) is 53.5. The number of benzene rings is 16. The summed E-state index contributed by atoms with van der Waals surface area (Å²) in [6.07, 6.45) is 0. The Balaban J connectivity index is 0.947. The summed E-state index contributed by atoms with van der Waals surface area (Å²) < 4.78 is 0. The molecule has 0 unspecified atom stereocenters. The molecule has 97 heavy (non-hydrogen) atoms. The van der Waals surface area contributed by atoms with Crippen molar-refractivity contribution in [2.24, 2.45) is 0 Å². The minimum absolute atomic E-state index is 0.854. The van der Waals surface area contributed by atoms with E-state index < -0.39 is 5.41 Å². The number of fused-ring (bicyclic) bond motifs is 10. The van der Waals surface area contributed by atoms with E-state index in [1.165, 1.54) is 156 Å². The van der Waals surface area contributed by atoms with Crippen LogP contribution in [-0.2, 0) is 5.41 Å². The fourth-order valence-electron chi connectivity index (χ4n) is 15.5. The van der Waals surface area contributed by atoms with Crippen molar-refractivity contribution in [3.05, 3.63) is 411 Å². The maximum Gasteiger partial charge on any atom is 0.0726 e. The van der Waals surface area contributed by atoms with Gasteiger partial charge in [-0.05, 0) is 214 Å². The minimum atomic E-state index is -0.854. The van der Waals surface area contributed by atoms with E-state index in [2.05, 4.69) is 388 Å². The van der Waals surface area contributed by atoms with Crippen molar-refractivity contribution in [2.45, 2.75) is 5.41 Å². The van der Waals surface area contributed by atoms with Gasteiger partial charge in [0.25, 0.3) is 0 Å². The lowest BCUT2D eigenvalue weighted by atomic mass is 9.68. The van der Waals surface area contributed by atoms with Gasteiger partial charge in [0, 0.05) is 0 Å². The van der Waals surface area contributed by atoms with Crippen molar-refractivity contribution in [3.63, 3.8) is 0 Å². The van der Waals surface area contributed by atoms with Crippen LogP contribution < -0.4 is 0 Å². The molecule has 0 N–H and O–H groups in total. The van der Waals surface area contributed by atoms with Crippen LogP contribution in [0.15, 0.2) is 388 Å². The van der Waals surface area contributed by atoms with Gasteiger partial charge >= 0.3 is 0 Å². The lowest BCUT2D eigenvalue weighted by Crippen LogP contribution is -2.26. The van der Waals surface area contributed by atoms with Crippen LogP contribution in [0.25, 0.3) is 156 Å². The summed E-state index contributed by atoms with van der Waals surface area (Å²) in [6.45, 7) is 0. The summed E-state index contributed by atoms with van der Waals surface area (Å²) in [5, 5.41) is 0. The smallest absolute Gasteiger partial charge is 0.0622 e. The number of hydrogen-bond donors (Lipinski definition) is 0. The molecule has 0 bridgehead atoms. The molecule has 16 aromatic rings. The maximum absolute atomic E-state index is 2.58. The highest BCUT2D eigenvalue weighted by atomic mass is 14.5. The first-order valence-corrected chi connectivity index (χ1v) is 33.7. The predicted octanol–water partition coefficient (Wildman–Crippen LogP) is 26.0. The van der Waals surface area contributed by atoms with Crippen molar-refractivity contribution in [1.82, 2.24) is 0 Å². The molecule has 2 aliphatic carbocycles. The van der Waals surface area contributed by atoms with Gasteiger partial charge in [-0.3, -0.25) is 0 Å². The second-order valence-corrected chi connectivity index (χ2v) is 25.8. The average molecular weight is 1230 g/mol. The SMILES string of the molecule is c1ccc(-c2ccc(-c3ccc4c(c3)C3(c5cc(-c6ccc(-c7ccccc7)cc6)ccc5-c5c(-c6ccc(-c7ccccc7)cc6)cc(-c6ccc(-c7ccccc7)cc6)cc53)c3cc(-c5ccc(-c6ccccc6)cc5)cc(-c5ccc(-c6ccccc6)cc5)c3-4)cc2)cc1. The zero-order chi connectivity index (χ0) is 64.2.